The number of rotatable bonds is 3. The molecule has 0 fully saturated rings. The lowest BCUT2D eigenvalue weighted by Gasteiger charge is -2.13. The van der Waals surface area contributed by atoms with Gasteiger partial charge in [-0.2, -0.15) is 0 Å². The highest BCUT2D eigenvalue weighted by molar-refractivity contribution is 8.13. The van der Waals surface area contributed by atoms with Gasteiger partial charge in [-0.1, -0.05) is 59.8 Å². The van der Waals surface area contributed by atoms with Crippen molar-refractivity contribution in [2.45, 2.75) is 31.6 Å². The average molecular weight is 297 g/mol. The predicted octanol–water partition coefficient (Wildman–Crippen LogP) is 5.10. The van der Waals surface area contributed by atoms with Crippen LogP contribution in [0.3, 0.4) is 0 Å². The third-order valence-corrected chi connectivity index (χ3v) is 4.48. The van der Waals surface area contributed by atoms with Crippen LogP contribution in [0, 0.1) is 0 Å². The molecule has 2 nitrogen and oxygen atoms in total. The number of hydrogen-bond donors (Lipinski definition) is 0. The maximum absolute atomic E-state index is 5.42. The van der Waals surface area contributed by atoms with Crippen LogP contribution in [-0.2, 0) is 10.6 Å². The largest absolute Gasteiger partial charge is 0.389 e. The van der Waals surface area contributed by atoms with Crippen molar-refractivity contribution in [1.29, 1.82) is 0 Å². The minimum absolute atomic E-state index is 0.152. The van der Waals surface area contributed by atoms with Crippen molar-refractivity contribution in [3.8, 4) is 11.1 Å². The first-order valence-electron chi connectivity index (χ1n) is 7.15. The van der Waals surface area contributed by atoms with Crippen LogP contribution in [0.2, 0.25) is 0 Å². The van der Waals surface area contributed by atoms with Gasteiger partial charge >= 0.3 is 0 Å². The fourth-order valence-corrected chi connectivity index (χ4v) is 3.50. The summed E-state index contributed by atoms with van der Waals surface area (Å²) in [6.07, 6.45) is 0.894. The Kier molecular flexibility index (Phi) is 4.02. The summed E-state index contributed by atoms with van der Waals surface area (Å²) in [7, 11) is 0. The van der Waals surface area contributed by atoms with Crippen LogP contribution in [-0.4, -0.2) is 10.6 Å². The Hall–Kier alpha value is -1.74. The van der Waals surface area contributed by atoms with E-state index in [-0.39, 0.29) is 5.60 Å². The van der Waals surface area contributed by atoms with Gasteiger partial charge in [0.15, 0.2) is 0 Å². The number of oxime groups is 1. The summed E-state index contributed by atoms with van der Waals surface area (Å²) >= 11 is 1.77. The topological polar surface area (TPSA) is 21.6 Å². The Morgan fingerprint density at radius 1 is 1.05 bits per heavy atom. The Morgan fingerprint density at radius 3 is 2.48 bits per heavy atom. The van der Waals surface area contributed by atoms with E-state index in [0.29, 0.717) is 0 Å². The summed E-state index contributed by atoms with van der Waals surface area (Å²) in [5, 5.41) is 5.27. The van der Waals surface area contributed by atoms with Crippen molar-refractivity contribution in [3.05, 3.63) is 60.2 Å². The summed E-state index contributed by atoms with van der Waals surface area (Å²) in [6, 6.07) is 19.1. The van der Waals surface area contributed by atoms with E-state index < -0.39 is 0 Å². The molecule has 0 spiro atoms. The van der Waals surface area contributed by atoms with Gasteiger partial charge in [-0.05, 0) is 30.5 Å². The third kappa shape index (κ3) is 3.48. The molecule has 1 aliphatic rings. The number of nitrogens with zero attached hydrogens (tertiary/aromatic N) is 1. The quantitative estimate of drug-likeness (QED) is 0.786. The second-order valence-electron chi connectivity index (χ2n) is 5.82. The summed E-state index contributed by atoms with van der Waals surface area (Å²) in [6.45, 7) is 4.14. The number of benzene rings is 2. The molecule has 2 aromatic rings. The molecule has 0 unspecified atom stereocenters. The van der Waals surface area contributed by atoms with Crippen LogP contribution < -0.4 is 0 Å². The Labute approximate surface area is 130 Å². The molecule has 0 aromatic heterocycles. The van der Waals surface area contributed by atoms with Crippen molar-refractivity contribution < 1.29 is 4.84 Å². The molecule has 0 aliphatic carbocycles. The maximum atomic E-state index is 5.42. The minimum Gasteiger partial charge on any atom is -0.389 e. The summed E-state index contributed by atoms with van der Waals surface area (Å²) in [5.41, 5.74) is 3.74. The summed E-state index contributed by atoms with van der Waals surface area (Å²) in [4.78, 5) is 5.42. The molecule has 0 saturated heterocycles. The fraction of sp³-hybridized carbons (Fsp3) is 0.278. The van der Waals surface area contributed by atoms with Gasteiger partial charge in [0, 0.05) is 12.2 Å². The van der Waals surface area contributed by atoms with Crippen molar-refractivity contribution in [2.75, 3.05) is 0 Å². The fourth-order valence-electron chi connectivity index (χ4n) is 2.39. The first-order chi connectivity index (χ1) is 10.1. The molecule has 3 rings (SSSR count). The van der Waals surface area contributed by atoms with Gasteiger partial charge in [0.05, 0.1) is 0 Å². The Balaban J connectivity index is 1.75. The molecule has 0 radical (unpaired) electrons. The van der Waals surface area contributed by atoms with Gasteiger partial charge in [-0.15, -0.1) is 11.8 Å². The maximum Gasteiger partial charge on any atom is 0.138 e. The lowest BCUT2D eigenvalue weighted by atomic mass is 10.0. The van der Waals surface area contributed by atoms with E-state index in [4.69, 9.17) is 4.84 Å². The van der Waals surface area contributed by atoms with Crippen LogP contribution in [0.4, 0.5) is 0 Å². The summed E-state index contributed by atoms with van der Waals surface area (Å²) in [5.74, 6) is 0.920. The molecular weight excluding hydrogens is 278 g/mol. The van der Waals surface area contributed by atoms with Crippen molar-refractivity contribution in [2.24, 2.45) is 5.16 Å². The van der Waals surface area contributed by atoms with Crippen LogP contribution >= 0.6 is 11.8 Å². The number of thioether (sulfide) groups is 1. The molecule has 108 valence electrons. The van der Waals surface area contributed by atoms with Crippen molar-refractivity contribution >= 4 is 16.8 Å². The van der Waals surface area contributed by atoms with Crippen LogP contribution in [0.15, 0.2) is 59.8 Å². The third-order valence-electron chi connectivity index (χ3n) is 3.47. The zero-order valence-electron chi connectivity index (χ0n) is 12.4. The van der Waals surface area contributed by atoms with Crippen molar-refractivity contribution in [1.82, 2.24) is 0 Å². The van der Waals surface area contributed by atoms with E-state index in [1.54, 1.807) is 11.8 Å². The van der Waals surface area contributed by atoms with E-state index in [9.17, 15) is 0 Å². The molecule has 3 heteroatoms. The number of hydrogen-bond acceptors (Lipinski definition) is 3. The van der Waals surface area contributed by atoms with Gasteiger partial charge in [0.1, 0.15) is 10.6 Å². The van der Waals surface area contributed by atoms with Gasteiger partial charge < -0.3 is 4.84 Å². The SMILES string of the molecule is CC1(C)CC(SCc2ccccc2-c2ccccc2)=NO1. The zero-order chi connectivity index (χ0) is 14.7. The predicted molar refractivity (Wildman–Crippen MR) is 90.4 cm³/mol. The average Bonchev–Trinajstić information content (AvgIpc) is 2.86. The molecule has 1 aliphatic heterocycles. The van der Waals surface area contributed by atoms with Crippen LogP contribution in [0.25, 0.3) is 11.1 Å². The molecule has 1 heterocycles. The molecule has 0 saturated carbocycles. The van der Waals surface area contributed by atoms with E-state index >= 15 is 0 Å². The van der Waals surface area contributed by atoms with E-state index in [1.165, 1.54) is 16.7 Å². The molecule has 0 bridgehead atoms. The monoisotopic (exact) mass is 297 g/mol. The molecule has 0 atom stereocenters. The van der Waals surface area contributed by atoms with Crippen LogP contribution in [0.5, 0.6) is 0 Å². The molecule has 0 N–H and O–H groups in total. The first-order valence-corrected chi connectivity index (χ1v) is 8.14. The van der Waals surface area contributed by atoms with E-state index in [0.717, 1.165) is 17.2 Å². The lowest BCUT2D eigenvalue weighted by Crippen LogP contribution is -2.18. The minimum atomic E-state index is -0.152. The normalized spacial score (nSPS) is 16.4. The Morgan fingerprint density at radius 2 is 1.76 bits per heavy atom. The Bertz CT molecular complexity index is 649. The standard InChI is InChI=1S/C18H19NOS/c1-18(2)12-17(19-20-18)21-13-15-10-6-7-11-16(15)14-8-4-3-5-9-14/h3-11H,12-13H2,1-2H3. The second-order valence-corrected chi connectivity index (χ2v) is 6.87. The second kappa shape index (κ2) is 5.94. The zero-order valence-corrected chi connectivity index (χ0v) is 13.2. The van der Waals surface area contributed by atoms with E-state index in [1.807, 2.05) is 6.07 Å². The molecule has 21 heavy (non-hydrogen) atoms. The lowest BCUT2D eigenvalue weighted by molar-refractivity contribution is 0.0123. The van der Waals surface area contributed by atoms with Crippen molar-refractivity contribution in [3.63, 3.8) is 0 Å². The highest BCUT2D eigenvalue weighted by atomic mass is 32.2. The van der Waals surface area contributed by atoms with Gasteiger partial charge in [0.25, 0.3) is 0 Å². The molecule has 0 amide bonds. The van der Waals surface area contributed by atoms with Gasteiger partial charge in [-0.25, -0.2) is 0 Å². The van der Waals surface area contributed by atoms with Crippen LogP contribution in [0.1, 0.15) is 25.8 Å². The summed E-state index contributed by atoms with van der Waals surface area (Å²) < 4.78 is 0. The smallest absolute Gasteiger partial charge is 0.138 e. The molecule has 2 aromatic carbocycles. The van der Waals surface area contributed by atoms with Gasteiger partial charge in [0.2, 0.25) is 0 Å². The highest BCUT2D eigenvalue weighted by Gasteiger charge is 2.29. The first kappa shape index (κ1) is 14.2. The highest BCUT2D eigenvalue weighted by Crippen LogP contribution is 2.32. The van der Waals surface area contributed by atoms with Gasteiger partial charge in [-0.3, -0.25) is 0 Å². The molecular formula is C18H19NOS. The van der Waals surface area contributed by atoms with E-state index in [2.05, 4.69) is 67.5 Å².